The average molecular weight is 380 g/mol. The van der Waals surface area contributed by atoms with Crippen LogP contribution in [0.3, 0.4) is 0 Å². The van der Waals surface area contributed by atoms with Gasteiger partial charge < -0.3 is 19.9 Å². The first-order valence-electron chi connectivity index (χ1n) is 10.1. The van der Waals surface area contributed by atoms with Gasteiger partial charge in [0, 0.05) is 31.9 Å². The minimum Gasteiger partial charge on any atom is -0.497 e. The third-order valence-electron chi connectivity index (χ3n) is 6.22. The molecule has 1 saturated heterocycles. The van der Waals surface area contributed by atoms with Crippen molar-refractivity contribution in [2.24, 2.45) is 0 Å². The Hall–Kier alpha value is -2.69. The topological polar surface area (TPSA) is 44.8 Å². The van der Waals surface area contributed by atoms with Crippen LogP contribution >= 0.6 is 0 Å². The van der Waals surface area contributed by atoms with Crippen molar-refractivity contribution in [3.05, 3.63) is 59.2 Å². The van der Waals surface area contributed by atoms with Crippen molar-refractivity contribution >= 4 is 11.7 Å². The Balaban J connectivity index is 1.37. The summed E-state index contributed by atoms with van der Waals surface area (Å²) in [6, 6.07) is 14.5. The van der Waals surface area contributed by atoms with Crippen molar-refractivity contribution in [1.82, 2.24) is 10.2 Å². The number of urea groups is 1. The zero-order valence-corrected chi connectivity index (χ0v) is 17.0. The fraction of sp³-hybridized carbons (Fsp3) is 0.435. The fourth-order valence-corrected chi connectivity index (χ4v) is 4.03. The van der Waals surface area contributed by atoms with Gasteiger partial charge in [0.25, 0.3) is 0 Å². The molecule has 148 valence electrons. The van der Waals surface area contributed by atoms with Crippen LogP contribution in [-0.4, -0.2) is 44.2 Å². The van der Waals surface area contributed by atoms with E-state index in [2.05, 4.69) is 54.4 Å². The number of carbonyl (C=O) groups is 1. The van der Waals surface area contributed by atoms with Crippen LogP contribution in [0.2, 0.25) is 0 Å². The number of aryl methyl sites for hydroxylation is 1. The van der Waals surface area contributed by atoms with Crippen LogP contribution in [-0.2, 0) is 5.54 Å². The lowest BCUT2D eigenvalue weighted by atomic mass is 10.0. The van der Waals surface area contributed by atoms with Gasteiger partial charge in [-0.3, -0.25) is 0 Å². The highest BCUT2D eigenvalue weighted by Crippen LogP contribution is 2.46. The van der Waals surface area contributed by atoms with Crippen LogP contribution in [0.25, 0.3) is 0 Å². The molecule has 0 atom stereocenters. The van der Waals surface area contributed by atoms with Crippen LogP contribution in [0.1, 0.15) is 29.5 Å². The SMILES string of the molecule is COc1ccc(C2(NC(=O)N3CCN(c4cccc(C)c4C)CC3)CC2)cc1. The van der Waals surface area contributed by atoms with E-state index in [1.165, 1.54) is 16.8 Å². The van der Waals surface area contributed by atoms with Crippen molar-refractivity contribution < 1.29 is 9.53 Å². The number of amides is 2. The maximum Gasteiger partial charge on any atom is 0.318 e. The molecule has 2 aliphatic rings. The number of ether oxygens (including phenoxy) is 1. The molecule has 5 nitrogen and oxygen atoms in total. The lowest BCUT2D eigenvalue weighted by molar-refractivity contribution is 0.189. The van der Waals surface area contributed by atoms with Gasteiger partial charge in [-0.1, -0.05) is 24.3 Å². The zero-order valence-electron chi connectivity index (χ0n) is 17.0. The predicted molar refractivity (Wildman–Crippen MR) is 112 cm³/mol. The molecular weight excluding hydrogens is 350 g/mol. The molecule has 2 aromatic carbocycles. The van der Waals surface area contributed by atoms with Crippen LogP contribution in [0, 0.1) is 13.8 Å². The van der Waals surface area contributed by atoms with E-state index >= 15 is 0 Å². The number of carbonyl (C=O) groups excluding carboxylic acids is 1. The second-order valence-corrected chi connectivity index (χ2v) is 7.93. The molecule has 0 radical (unpaired) electrons. The third-order valence-corrected chi connectivity index (χ3v) is 6.22. The van der Waals surface area contributed by atoms with Gasteiger partial charge in [0.1, 0.15) is 5.75 Å². The highest BCUT2D eigenvalue weighted by atomic mass is 16.5. The molecule has 2 fully saturated rings. The van der Waals surface area contributed by atoms with E-state index in [0.717, 1.165) is 50.3 Å². The summed E-state index contributed by atoms with van der Waals surface area (Å²) in [5.74, 6) is 0.841. The molecular formula is C23H29N3O2. The monoisotopic (exact) mass is 379 g/mol. The minimum atomic E-state index is -0.201. The van der Waals surface area contributed by atoms with Crippen LogP contribution in [0.5, 0.6) is 5.75 Å². The second kappa shape index (κ2) is 7.38. The van der Waals surface area contributed by atoms with Gasteiger partial charge in [0.2, 0.25) is 0 Å². The van der Waals surface area contributed by atoms with Crippen molar-refractivity contribution in [1.29, 1.82) is 0 Å². The number of anilines is 1. The Morgan fingerprint density at radius 3 is 2.29 bits per heavy atom. The van der Waals surface area contributed by atoms with Gasteiger partial charge in [-0.05, 0) is 61.6 Å². The number of rotatable bonds is 4. The van der Waals surface area contributed by atoms with E-state index in [9.17, 15) is 4.79 Å². The number of piperazine rings is 1. The Kier molecular flexibility index (Phi) is 4.92. The molecule has 0 spiro atoms. The number of hydrogen-bond donors (Lipinski definition) is 1. The van der Waals surface area contributed by atoms with E-state index in [1.807, 2.05) is 17.0 Å². The fourth-order valence-electron chi connectivity index (χ4n) is 4.03. The molecule has 2 amide bonds. The smallest absolute Gasteiger partial charge is 0.318 e. The molecule has 1 saturated carbocycles. The molecule has 1 aliphatic carbocycles. The average Bonchev–Trinajstić information content (AvgIpc) is 3.51. The normalized spacial score (nSPS) is 18.0. The summed E-state index contributed by atoms with van der Waals surface area (Å²) >= 11 is 0. The Bertz CT molecular complexity index is 851. The van der Waals surface area contributed by atoms with Gasteiger partial charge in [0.05, 0.1) is 12.6 Å². The lowest BCUT2D eigenvalue weighted by Crippen LogP contribution is -2.53. The maximum atomic E-state index is 12.9. The number of hydrogen-bond acceptors (Lipinski definition) is 3. The largest absolute Gasteiger partial charge is 0.497 e. The molecule has 5 heteroatoms. The van der Waals surface area contributed by atoms with E-state index in [0.29, 0.717) is 0 Å². The molecule has 28 heavy (non-hydrogen) atoms. The Morgan fingerprint density at radius 2 is 1.68 bits per heavy atom. The van der Waals surface area contributed by atoms with Gasteiger partial charge >= 0.3 is 6.03 Å². The van der Waals surface area contributed by atoms with Crippen LogP contribution in [0.15, 0.2) is 42.5 Å². The van der Waals surface area contributed by atoms with E-state index in [-0.39, 0.29) is 11.6 Å². The zero-order chi connectivity index (χ0) is 19.7. The molecule has 0 unspecified atom stereocenters. The number of benzene rings is 2. The first-order valence-corrected chi connectivity index (χ1v) is 10.1. The maximum absolute atomic E-state index is 12.9. The summed E-state index contributed by atoms with van der Waals surface area (Å²) in [6.45, 7) is 7.56. The van der Waals surface area contributed by atoms with Crippen molar-refractivity contribution in [3.63, 3.8) is 0 Å². The summed E-state index contributed by atoms with van der Waals surface area (Å²) in [6.07, 6.45) is 1.99. The first-order chi connectivity index (χ1) is 13.5. The van der Waals surface area contributed by atoms with E-state index < -0.39 is 0 Å². The van der Waals surface area contributed by atoms with E-state index in [1.54, 1.807) is 7.11 Å². The summed E-state index contributed by atoms with van der Waals surface area (Å²) in [5.41, 5.74) is 4.89. The van der Waals surface area contributed by atoms with Crippen molar-refractivity contribution in [3.8, 4) is 5.75 Å². The van der Waals surface area contributed by atoms with Gasteiger partial charge in [0.15, 0.2) is 0 Å². The molecule has 1 N–H and O–H groups in total. The second-order valence-electron chi connectivity index (χ2n) is 7.93. The summed E-state index contributed by atoms with van der Waals surface area (Å²) in [4.78, 5) is 17.2. The van der Waals surface area contributed by atoms with Crippen molar-refractivity contribution in [2.75, 3.05) is 38.2 Å². The minimum absolute atomic E-state index is 0.0499. The first kappa shape index (κ1) is 18.7. The Labute approximate surface area is 167 Å². The predicted octanol–water partition coefficient (Wildman–Crippen LogP) is 3.83. The van der Waals surface area contributed by atoms with Gasteiger partial charge in [-0.25, -0.2) is 4.79 Å². The standard InChI is InChI=1S/C23H29N3O2/c1-17-5-4-6-21(18(17)2)25-13-15-26(16-14-25)22(27)24-23(11-12-23)19-7-9-20(28-3)10-8-19/h4-10H,11-16H2,1-3H3,(H,24,27). The summed E-state index contributed by atoms with van der Waals surface area (Å²) in [5, 5.41) is 3.29. The number of nitrogens with one attached hydrogen (secondary N) is 1. The van der Waals surface area contributed by atoms with Crippen LogP contribution < -0.4 is 15.0 Å². The summed E-state index contributed by atoms with van der Waals surface area (Å²) in [7, 11) is 1.67. The lowest BCUT2D eigenvalue weighted by Gasteiger charge is -2.37. The molecule has 1 aliphatic heterocycles. The van der Waals surface area contributed by atoms with Gasteiger partial charge in [-0.15, -0.1) is 0 Å². The highest BCUT2D eigenvalue weighted by molar-refractivity contribution is 5.76. The molecule has 4 rings (SSSR count). The molecule has 1 heterocycles. The quantitative estimate of drug-likeness (QED) is 0.878. The van der Waals surface area contributed by atoms with E-state index in [4.69, 9.17) is 4.74 Å². The Morgan fingerprint density at radius 1 is 1.00 bits per heavy atom. The molecule has 2 aromatic rings. The number of methoxy groups -OCH3 is 1. The highest BCUT2D eigenvalue weighted by Gasteiger charge is 2.46. The number of nitrogens with zero attached hydrogens (tertiary/aromatic N) is 2. The molecule has 0 aromatic heterocycles. The third kappa shape index (κ3) is 3.53. The molecule has 0 bridgehead atoms. The summed E-state index contributed by atoms with van der Waals surface area (Å²) < 4.78 is 5.24. The van der Waals surface area contributed by atoms with Crippen LogP contribution in [0.4, 0.5) is 10.5 Å². The van der Waals surface area contributed by atoms with Gasteiger partial charge in [-0.2, -0.15) is 0 Å². The van der Waals surface area contributed by atoms with Crippen molar-refractivity contribution in [2.45, 2.75) is 32.2 Å².